The molecule has 0 radical (unpaired) electrons. The van der Waals surface area contributed by atoms with Gasteiger partial charge in [-0.15, -0.1) is 36.2 Å². The number of aryl methyl sites for hydroxylation is 1. The first-order chi connectivity index (χ1) is 10.2. The Morgan fingerprint density at radius 2 is 2.13 bits per heavy atom. The number of halogens is 2. The minimum atomic E-state index is -0.0103. The Balaban J connectivity index is 0.00000242. The van der Waals surface area contributed by atoms with Crippen molar-refractivity contribution in [2.45, 2.75) is 32.6 Å². The first kappa shape index (κ1) is 22.6. The van der Waals surface area contributed by atoms with Gasteiger partial charge in [0, 0.05) is 19.1 Å². The molecule has 0 aromatic carbocycles. The zero-order valence-corrected chi connectivity index (χ0v) is 16.2. The van der Waals surface area contributed by atoms with Crippen LogP contribution in [0.25, 0.3) is 0 Å². The van der Waals surface area contributed by atoms with E-state index in [9.17, 15) is 4.79 Å². The minimum Gasteiger partial charge on any atom is -0.384 e. The summed E-state index contributed by atoms with van der Waals surface area (Å²) in [7, 11) is 1.73. The molecule has 0 saturated carbocycles. The van der Waals surface area contributed by atoms with Crippen molar-refractivity contribution >= 4 is 42.1 Å². The van der Waals surface area contributed by atoms with Gasteiger partial charge < -0.3 is 15.4 Å². The molecule has 0 unspecified atom stereocenters. The van der Waals surface area contributed by atoms with Crippen LogP contribution in [0.3, 0.4) is 0 Å². The van der Waals surface area contributed by atoms with Crippen LogP contribution in [0.1, 0.15) is 40.9 Å². The van der Waals surface area contributed by atoms with E-state index in [0.717, 1.165) is 43.8 Å². The lowest BCUT2D eigenvalue weighted by Crippen LogP contribution is -2.47. The molecule has 8 heteroatoms. The second-order valence-electron chi connectivity index (χ2n) is 5.73. The molecular formula is C15H27Cl2N3O2S. The Kier molecular flexibility index (Phi) is 11.0. The molecule has 1 aromatic rings. The van der Waals surface area contributed by atoms with Crippen molar-refractivity contribution in [2.75, 3.05) is 33.4 Å². The molecule has 1 aromatic heterocycles. The number of ether oxygens (including phenoxy) is 1. The summed E-state index contributed by atoms with van der Waals surface area (Å²) in [6.45, 7) is 5.45. The number of aromatic nitrogens is 1. The van der Waals surface area contributed by atoms with Crippen molar-refractivity contribution in [3.8, 4) is 0 Å². The smallest absolute Gasteiger partial charge is 0.263 e. The molecule has 134 valence electrons. The van der Waals surface area contributed by atoms with Crippen molar-refractivity contribution in [3.63, 3.8) is 0 Å². The molecule has 1 saturated heterocycles. The lowest BCUT2D eigenvalue weighted by atomic mass is 9.79. The van der Waals surface area contributed by atoms with Crippen molar-refractivity contribution in [2.24, 2.45) is 5.41 Å². The molecule has 1 fully saturated rings. The zero-order valence-electron chi connectivity index (χ0n) is 13.7. The monoisotopic (exact) mass is 383 g/mol. The molecule has 0 aliphatic carbocycles. The van der Waals surface area contributed by atoms with E-state index in [4.69, 9.17) is 4.74 Å². The van der Waals surface area contributed by atoms with Gasteiger partial charge in [0.1, 0.15) is 4.88 Å². The minimum absolute atomic E-state index is 0. The number of nitrogens with one attached hydrogen (secondary N) is 2. The summed E-state index contributed by atoms with van der Waals surface area (Å²) in [6.07, 6.45) is 5.75. The standard InChI is InChI=1S/C15H25N3O2S.2ClH/c1-3-4-13-17-9-12(21-13)14(19)18-10-15(11-20-2)5-7-16-8-6-15;;/h9,16H,3-8,10-11H2,1-2H3,(H,18,19);2*1H. The third-order valence-electron chi connectivity index (χ3n) is 3.98. The van der Waals surface area contributed by atoms with Crippen LogP contribution in [0.5, 0.6) is 0 Å². The van der Waals surface area contributed by atoms with Crippen molar-refractivity contribution < 1.29 is 9.53 Å². The Hall–Kier alpha value is -0.400. The van der Waals surface area contributed by atoms with Gasteiger partial charge in [0.05, 0.1) is 17.8 Å². The van der Waals surface area contributed by atoms with Crippen molar-refractivity contribution in [1.82, 2.24) is 15.6 Å². The van der Waals surface area contributed by atoms with Crippen LogP contribution in [-0.4, -0.2) is 44.2 Å². The maximum atomic E-state index is 12.3. The number of hydrogen-bond acceptors (Lipinski definition) is 5. The molecule has 1 amide bonds. The topological polar surface area (TPSA) is 63.2 Å². The Morgan fingerprint density at radius 1 is 1.43 bits per heavy atom. The summed E-state index contributed by atoms with van der Waals surface area (Å²) < 4.78 is 5.37. The molecule has 2 heterocycles. The number of hydrogen-bond donors (Lipinski definition) is 2. The van der Waals surface area contributed by atoms with E-state index in [1.807, 2.05) is 0 Å². The van der Waals surface area contributed by atoms with Gasteiger partial charge in [-0.25, -0.2) is 4.98 Å². The van der Waals surface area contributed by atoms with Gasteiger partial charge in [-0.05, 0) is 38.8 Å². The molecule has 0 atom stereocenters. The van der Waals surface area contributed by atoms with Crippen molar-refractivity contribution in [1.29, 1.82) is 0 Å². The number of carbonyl (C=O) groups is 1. The number of methoxy groups -OCH3 is 1. The molecule has 0 bridgehead atoms. The van der Waals surface area contributed by atoms with Gasteiger partial charge in [0.2, 0.25) is 0 Å². The molecular weight excluding hydrogens is 357 g/mol. The second-order valence-corrected chi connectivity index (χ2v) is 6.85. The summed E-state index contributed by atoms with van der Waals surface area (Å²) in [4.78, 5) is 17.3. The van der Waals surface area contributed by atoms with Gasteiger partial charge in [-0.3, -0.25) is 4.79 Å². The van der Waals surface area contributed by atoms with Gasteiger partial charge >= 0.3 is 0 Å². The summed E-state index contributed by atoms with van der Waals surface area (Å²) in [5.74, 6) is -0.0103. The highest BCUT2D eigenvalue weighted by molar-refractivity contribution is 7.13. The van der Waals surface area contributed by atoms with Gasteiger partial charge in [-0.2, -0.15) is 0 Å². The predicted octanol–water partition coefficient (Wildman–Crippen LogP) is 2.69. The van der Waals surface area contributed by atoms with Crippen molar-refractivity contribution in [3.05, 3.63) is 16.1 Å². The molecule has 23 heavy (non-hydrogen) atoms. The molecule has 2 rings (SSSR count). The highest BCUT2D eigenvalue weighted by Crippen LogP contribution is 2.28. The summed E-state index contributed by atoms with van der Waals surface area (Å²) in [5, 5.41) is 7.47. The Morgan fingerprint density at radius 3 is 2.74 bits per heavy atom. The van der Waals surface area contributed by atoms with Gasteiger partial charge in [-0.1, -0.05) is 6.92 Å². The van der Waals surface area contributed by atoms with Crippen LogP contribution < -0.4 is 10.6 Å². The van der Waals surface area contributed by atoms with E-state index < -0.39 is 0 Å². The Bertz CT molecular complexity index is 460. The van der Waals surface area contributed by atoms with E-state index in [0.29, 0.717) is 18.0 Å². The first-order valence-electron chi connectivity index (χ1n) is 7.62. The van der Waals surface area contributed by atoms with Crippen LogP contribution in [-0.2, 0) is 11.2 Å². The summed E-state index contributed by atoms with van der Waals surface area (Å²) in [5.41, 5.74) is 0.0621. The molecule has 1 aliphatic rings. The fraction of sp³-hybridized carbons (Fsp3) is 0.733. The van der Waals surface area contributed by atoms with Gasteiger partial charge in [0.15, 0.2) is 0 Å². The first-order valence-corrected chi connectivity index (χ1v) is 8.43. The second kappa shape index (κ2) is 11.2. The number of carbonyl (C=O) groups excluding carboxylic acids is 1. The lowest BCUT2D eigenvalue weighted by molar-refractivity contribution is 0.0512. The number of amides is 1. The fourth-order valence-electron chi connectivity index (χ4n) is 2.74. The van der Waals surface area contributed by atoms with Gasteiger partial charge in [0.25, 0.3) is 5.91 Å². The predicted molar refractivity (Wildman–Crippen MR) is 99.4 cm³/mol. The van der Waals surface area contributed by atoms with E-state index in [1.54, 1.807) is 13.3 Å². The largest absolute Gasteiger partial charge is 0.384 e. The number of piperidine rings is 1. The van der Waals surface area contributed by atoms with E-state index in [1.165, 1.54) is 11.3 Å². The molecule has 2 N–H and O–H groups in total. The SMILES string of the molecule is CCCc1ncc(C(=O)NCC2(COC)CCNCC2)s1.Cl.Cl. The highest BCUT2D eigenvalue weighted by Gasteiger charge is 2.32. The van der Waals surface area contributed by atoms with E-state index >= 15 is 0 Å². The fourth-order valence-corrected chi connectivity index (χ4v) is 3.67. The van der Waals surface area contributed by atoms with E-state index in [2.05, 4.69) is 22.5 Å². The average Bonchev–Trinajstić information content (AvgIpc) is 2.95. The van der Waals surface area contributed by atoms with Crippen LogP contribution in [0, 0.1) is 5.41 Å². The highest BCUT2D eigenvalue weighted by atomic mass is 35.5. The summed E-state index contributed by atoms with van der Waals surface area (Å²) >= 11 is 1.50. The number of nitrogens with zero attached hydrogens (tertiary/aromatic N) is 1. The lowest BCUT2D eigenvalue weighted by Gasteiger charge is -2.37. The normalized spacial score (nSPS) is 16.1. The van der Waals surface area contributed by atoms with Crippen LogP contribution in [0.15, 0.2) is 6.20 Å². The molecule has 1 aliphatic heterocycles. The molecule has 0 spiro atoms. The Labute approximate surface area is 154 Å². The quantitative estimate of drug-likeness (QED) is 0.759. The average molecular weight is 384 g/mol. The summed E-state index contributed by atoms with van der Waals surface area (Å²) in [6, 6.07) is 0. The van der Waals surface area contributed by atoms with Crippen LogP contribution >= 0.6 is 36.2 Å². The van der Waals surface area contributed by atoms with E-state index in [-0.39, 0.29) is 36.1 Å². The number of rotatable bonds is 7. The third kappa shape index (κ3) is 6.55. The maximum Gasteiger partial charge on any atom is 0.263 e. The van der Waals surface area contributed by atoms with Crippen LogP contribution in [0.4, 0.5) is 0 Å². The van der Waals surface area contributed by atoms with Crippen LogP contribution in [0.2, 0.25) is 0 Å². The maximum absolute atomic E-state index is 12.3. The molecule has 5 nitrogen and oxygen atoms in total. The zero-order chi connectivity index (χ0) is 15.1. The third-order valence-corrected chi connectivity index (χ3v) is 5.04. The number of thiazole rings is 1.